The van der Waals surface area contributed by atoms with Gasteiger partial charge in [-0.1, -0.05) is 30.3 Å². The third kappa shape index (κ3) is 4.57. The van der Waals surface area contributed by atoms with Gasteiger partial charge in [0.05, 0.1) is 11.6 Å². The van der Waals surface area contributed by atoms with Gasteiger partial charge in [0.15, 0.2) is 5.54 Å². The maximum Gasteiger partial charge on any atom is 0.252 e. The molecular weight excluding hydrogens is 547 g/mol. The third-order valence-corrected chi connectivity index (χ3v) is 8.31. The Morgan fingerprint density at radius 3 is 2.60 bits per heavy atom. The predicted molar refractivity (Wildman–Crippen MR) is 146 cm³/mol. The molecule has 2 fully saturated rings. The Hall–Kier alpha value is -4.72. The molecule has 3 aliphatic rings. The molecule has 6 rings (SSSR count). The summed E-state index contributed by atoms with van der Waals surface area (Å²) in [6, 6.07) is 15.3. The molecule has 0 radical (unpaired) electrons. The van der Waals surface area contributed by atoms with Crippen molar-refractivity contribution in [2.24, 2.45) is 0 Å². The zero-order valence-electron chi connectivity index (χ0n) is 22.4. The number of amides is 3. The van der Waals surface area contributed by atoms with Gasteiger partial charge in [0.1, 0.15) is 17.7 Å². The van der Waals surface area contributed by atoms with Gasteiger partial charge in [-0.3, -0.25) is 24.2 Å². The molecule has 8 nitrogen and oxygen atoms in total. The molecule has 2 heterocycles. The molecule has 3 aromatic rings. The predicted octanol–water partition coefficient (Wildman–Crippen LogP) is 4.38. The van der Waals surface area contributed by atoms with Crippen LogP contribution in [0.1, 0.15) is 48.8 Å². The summed E-state index contributed by atoms with van der Waals surface area (Å²) in [4.78, 5) is 48.8. The summed E-state index contributed by atoms with van der Waals surface area (Å²) >= 11 is 0. The van der Waals surface area contributed by atoms with E-state index in [1.54, 1.807) is 18.2 Å². The van der Waals surface area contributed by atoms with Gasteiger partial charge in [0.2, 0.25) is 5.91 Å². The smallest absolute Gasteiger partial charge is 0.252 e. The van der Waals surface area contributed by atoms with Crippen LogP contribution in [-0.2, 0) is 26.3 Å². The molecule has 1 saturated heterocycles. The van der Waals surface area contributed by atoms with Crippen molar-refractivity contribution in [1.29, 1.82) is 5.26 Å². The number of rotatable bonds is 6. The highest BCUT2D eigenvalue weighted by molar-refractivity contribution is 6.12. The maximum absolute atomic E-state index is 14.7. The van der Waals surface area contributed by atoms with E-state index in [1.807, 2.05) is 12.1 Å². The number of fused-ring (bicyclic) bond motifs is 1. The highest BCUT2D eigenvalue weighted by Crippen LogP contribution is 2.47. The third-order valence-electron chi connectivity index (χ3n) is 8.31. The first-order valence-corrected chi connectivity index (χ1v) is 13.7. The molecule has 214 valence electrons. The second kappa shape index (κ2) is 10.3. The minimum atomic E-state index is -2.88. The number of hydrogen-bond acceptors (Lipinski definition) is 5. The number of nitriles is 1. The number of alkyl halides is 2. The fourth-order valence-electron chi connectivity index (χ4n) is 6.35. The van der Waals surface area contributed by atoms with E-state index in [4.69, 9.17) is 0 Å². The number of aryl methyl sites for hydroxylation is 1. The zero-order chi connectivity index (χ0) is 29.6. The van der Waals surface area contributed by atoms with Crippen molar-refractivity contribution in [3.8, 4) is 6.07 Å². The standard InChI is InChI=1S/C31H26F3N5O3/c32-21-5-3-6-23(15-21)39(28(41)25-8-9-27(40)38(25)26-14-19(18-35)11-13-36-26)31(12-10-20-4-1-2-7-24(20)31)29(42)37-22-16-30(33,34)17-22/h1-7,11,13-15,22,25H,8-10,12,16-17H2,(H,37,42)/t25-,31+/m0/s1. The van der Waals surface area contributed by atoms with Gasteiger partial charge in [-0.05, 0) is 60.7 Å². The normalized spacial score (nSPS) is 22.7. The Labute approximate surface area is 239 Å². The lowest BCUT2D eigenvalue weighted by atomic mass is 9.83. The Bertz CT molecular complexity index is 1630. The molecule has 3 amide bonds. The zero-order valence-corrected chi connectivity index (χ0v) is 22.4. The van der Waals surface area contributed by atoms with E-state index in [0.29, 0.717) is 12.0 Å². The number of anilines is 2. The maximum atomic E-state index is 14.7. The van der Waals surface area contributed by atoms with Crippen LogP contribution in [0.3, 0.4) is 0 Å². The summed E-state index contributed by atoms with van der Waals surface area (Å²) in [7, 11) is 0. The van der Waals surface area contributed by atoms with Gasteiger partial charge in [-0.15, -0.1) is 0 Å². The van der Waals surface area contributed by atoms with Crippen LogP contribution >= 0.6 is 0 Å². The number of hydrogen-bond donors (Lipinski definition) is 1. The molecule has 0 bridgehead atoms. The summed E-state index contributed by atoms with van der Waals surface area (Å²) in [6.45, 7) is 0. The van der Waals surface area contributed by atoms with Crippen molar-refractivity contribution < 1.29 is 27.6 Å². The van der Waals surface area contributed by atoms with Crippen LogP contribution in [0.4, 0.5) is 24.7 Å². The summed E-state index contributed by atoms with van der Waals surface area (Å²) in [6.07, 6.45) is 0.957. The first-order valence-electron chi connectivity index (χ1n) is 13.7. The SMILES string of the molecule is N#Cc1ccnc(N2C(=O)CC[C@H]2C(=O)N(c2cccc(F)c2)[C@]2(C(=O)NC3CC(F)(F)C3)CCc3ccccc32)c1. The van der Waals surface area contributed by atoms with Gasteiger partial charge < -0.3 is 5.32 Å². The minimum absolute atomic E-state index is 0.0127. The number of carbonyl (C=O) groups excluding carboxylic acids is 3. The van der Waals surface area contributed by atoms with Crippen LogP contribution in [0.25, 0.3) is 0 Å². The topological polar surface area (TPSA) is 106 Å². The minimum Gasteiger partial charge on any atom is -0.351 e. The number of aromatic nitrogens is 1. The summed E-state index contributed by atoms with van der Waals surface area (Å²) in [5, 5.41) is 12.1. The van der Waals surface area contributed by atoms with Crippen LogP contribution in [-0.4, -0.2) is 40.7 Å². The molecule has 0 spiro atoms. The Balaban J connectivity index is 1.49. The number of nitrogens with zero attached hydrogens (tertiary/aromatic N) is 4. The van der Waals surface area contributed by atoms with Crippen molar-refractivity contribution in [2.75, 3.05) is 9.80 Å². The lowest BCUT2D eigenvalue weighted by Gasteiger charge is -2.45. The lowest BCUT2D eigenvalue weighted by molar-refractivity contribution is -0.137. The second-order valence-corrected chi connectivity index (χ2v) is 10.9. The van der Waals surface area contributed by atoms with Crippen molar-refractivity contribution in [3.05, 3.63) is 89.4 Å². The summed E-state index contributed by atoms with van der Waals surface area (Å²) in [5.41, 5.74) is -0.0734. The van der Waals surface area contributed by atoms with Crippen LogP contribution < -0.4 is 15.1 Å². The molecule has 1 aliphatic heterocycles. The largest absolute Gasteiger partial charge is 0.351 e. The van der Waals surface area contributed by atoms with Gasteiger partial charge in [-0.2, -0.15) is 5.26 Å². The van der Waals surface area contributed by atoms with Crippen molar-refractivity contribution >= 4 is 29.2 Å². The highest BCUT2D eigenvalue weighted by Gasteiger charge is 2.57. The van der Waals surface area contributed by atoms with Gasteiger partial charge in [0, 0.05) is 37.2 Å². The monoisotopic (exact) mass is 573 g/mol. The first kappa shape index (κ1) is 27.4. The fraction of sp³-hybridized carbons (Fsp3) is 0.323. The average Bonchev–Trinajstić information content (AvgIpc) is 3.54. The number of halogens is 3. The van der Waals surface area contributed by atoms with E-state index in [1.165, 1.54) is 46.3 Å². The van der Waals surface area contributed by atoms with Gasteiger partial charge >= 0.3 is 0 Å². The summed E-state index contributed by atoms with van der Waals surface area (Å²) in [5.74, 6) is -5.11. The first-order chi connectivity index (χ1) is 20.1. The summed E-state index contributed by atoms with van der Waals surface area (Å²) < 4.78 is 42.1. The van der Waals surface area contributed by atoms with E-state index in [0.717, 1.165) is 11.6 Å². The molecule has 11 heteroatoms. The molecular formula is C31H26F3N5O3. The molecule has 42 heavy (non-hydrogen) atoms. The number of nitrogens with one attached hydrogen (secondary N) is 1. The van der Waals surface area contributed by atoms with Gasteiger partial charge in [-0.25, -0.2) is 18.2 Å². The number of pyridine rings is 1. The van der Waals surface area contributed by atoms with Crippen molar-refractivity contribution in [3.63, 3.8) is 0 Å². The van der Waals surface area contributed by atoms with Crippen LogP contribution in [0, 0.1) is 17.1 Å². The van der Waals surface area contributed by atoms with Gasteiger partial charge in [0.25, 0.3) is 17.7 Å². The van der Waals surface area contributed by atoms with E-state index in [-0.39, 0.29) is 36.3 Å². The molecule has 1 aromatic heterocycles. The fourth-order valence-corrected chi connectivity index (χ4v) is 6.35. The van der Waals surface area contributed by atoms with E-state index in [9.17, 15) is 32.8 Å². The Kier molecular flexibility index (Phi) is 6.72. The highest BCUT2D eigenvalue weighted by atomic mass is 19.3. The van der Waals surface area contributed by atoms with Crippen molar-refractivity contribution in [2.45, 2.75) is 62.1 Å². The molecule has 2 aromatic carbocycles. The molecule has 0 unspecified atom stereocenters. The number of carbonyl (C=O) groups is 3. The van der Waals surface area contributed by atoms with Crippen LogP contribution in [0.2, 0.25) is 0 Å². The van der Waals surface area contributed by atoms with Crippen LogP contribution in [0.5, 0.6) is 0 Å². The Morgan fingerprint density at radius 1 is 1.07 bits per heavy atom. The quantitative estimate of drug-likeness (QED) is 0.471. The lowest BCUT2D eigenvalue weighted by Crippen LogP contribution is -2.64. The number of benzene rings is 2. The molecule has 1 N–H and O–H groups in total. The Morgan fingerprint density at radius 2 is 1.86 bits per heavy atom. The van der Waals surface area contributed by atoms with E-state index < -0.39 is 59.9 Å². The van der Waals surface area contributed by atoms with E-state index >= 15 is 0 Å². The molecule has 1 saturated carbocycles. The van der Waals surface area contributed by atoms with Crippen molar-refractivity contribution in [1.82, 2.24) is 10.3 Å². The molecule has 2 atom stereocenters. The van der Waals surface area contributed by atoms with E-state index in [2.05, 4.69) is 10.3 Å². The average molecular weight is 574 g/mol. The van der Waals surface area contributed by atoms with Crippen LogP contribution in [0.15, 0.2) is 66.9 Å². The second-order valence-electron chi connectivity index (χ2n) is 10.9. The molecule has 2 aliphatic carbocycles.